The molecule has 18 heavy (non-hydrogen) atoms. The highest BCUT2D eigenvalue weighted by atomic mass is 35.7. The van der Waals surface area contributed by atoms with Crippen LogP contribution in [0.5, 0.6) is 5.75 Å². The zero-order chi connectivity index (χ0) is 13.0. The fourth-order valence-electron chi connectivity index (χ4n) is 1.58. The average Bonchev–Trinajstić information content (AvgIpc) is 2.37. The van der Waals surface area contributed by atoms with Gasteiger partial charge in [0.05, 0.1) is 0 Å². The Kier molecular flexibility index (Phi) is 4.33. The number of ether oxygens (including phenoxy) is 1. The van der Waals surface area contributed by atoms with Crippen LogP contribution in [0.2, 0.25) is 6.55 Å². The van der Waals surface area contributed by atoms with Gasteiger partial charge >= 0.3 is 0 Å². The van der Waals surface area contributed by atoms with Crippen LogP contribution in [0.1, 0.15) is 5.56 Å². The van der Waals surface area contributed by atoms with E-state index in [4.69, 9.17) is 26.9 Å². The molecule has 94 valence electrons. The number of hydrogen-bond acceptors (Lipinski definition) is 1. The molecule has 0 aliphatic heterocycles. The lowest BCUT2D eigenvalue weighted by Gasteiger charge is -2.12. The highest BCUT2D eigenvalue weighted by Crippen LogP contribution is 2.17. The van der Waals surface area contributed by atoms with E-state index in [9.17, 15) is 0 Å². The lowest BCUT2D eigenvalue weighted by molar-refractivity contribution is 0.306. The molecule has 0 unspecified atom stereocenters. The van der Waals surface area contributed by atoms with Gasteiger partial charge in [0, 0.05) is 0 Å². The monoisotopic (exact) mass is 296 g/mol. The van der Waals surface area contributed by atoms with Gasteiger partial charge in [0.15, 0.2) is 0 Å². The van der Waals surface area contributed by atoms with E-state index in [2.05, 4.69) is 0 Å². The average molecular weight is 297 g/mol. The van der Waals surface area contributed by atoms with Crippen molar-refractivity contribution in [3.63, 3.8) is 0 Å². The van der Waals surface area contributed by atoms with Crippen molar-refractivity contribution in [2.24, 2.45) is 0 Å². The summed E-state index contributed by atoms with van der Waals surface area (Å²) in [7, 11) is 0. The van der Waals surface area contributed by atoms with Crippen molar-refractivity contribution in [3.05, 3.63) is 60.2 Å². The van der Waals surface area contributed by atoms with Crippen molar-refractivity contribution in [3.8, 4) is 5.75 Å². The maximum atomic E-state index is 6.15. The van der Waals surface area contributed by atoms with E-state index >= 15 is 0 Å². The molecule has 0 aliphatic carbocycles. The normalized spacial score (nSPS) is 11.3. The quantitative estimate of drug-likeness (QED) is 0.612. The molecule has 2 aromatic rings. The van der Waals surface area contributed by atoms with Crippen molar-refractivity contribution in [2.45, 2.75) is 13.2 Å². The van der Waals surface area contributed by atoms with Crippen LogP contribution in [0.15, 0.2) is 54.6 Å². The Hall–Kier alpha value is -0.963. The van der Waals surface area contributed by atoms with Crippen LogP contribution in [-0.4, -0.2) is 6.69 Å². The molecule has 0 aliphatic rings. The van der Waals surface area contributed by atoms with Crippen molar-refractivity contribution >= 4 is 34.0 Å². The predicted molar refractivity (Wildman–Crippen MR) is 80.2 cm³/mol. The van der Waals surface area contributed by atoms with E-state index < -0.39 is 6.69 Å². The van der Waals surface area contributed by atoms with Crippen molar-refractivity contribution in [1.29, 1.82) is 0 Å². The second-order valence-corrected chi connectivity index (χ2v) is 11.7. The molecule has 0 spiro atoms. The van der Waals surface area contributed by atoms with Crippen LogP contribution >= 0.6 is 22.2 Å². The summed E-state index contributed by atoms with van der Waals surface area (Å²) in [6.45, 7) is 0.197. The van der Waals surface area contributed by atoms with Crippen molar-refractivity contribution in [2.75, 3.05) is 0 Å². The van der Waals surface area contributed by atoms with Crippen LogP contribution in [0.4, 0.5) is 0 Å². The van der Waals surface area contributed by atoms with Gasteiger partial charge in [-0.3, -0.25) is 0 Å². The highest BCUT2D eigenvalue weighted by Gasteiger charge is 2.23. The number of benzene rings is 2. The van der Waals surface area contributed by atoms with Gasteiger partial charge in [0.1, 0.15) is 12.4 Å². The summed E-state index contributed by atoms with van der Waals surface area (Å²) in [6.07, 6.45) is 0. The van der Waals surface area contributed by atoms with Gasteiger partial charge in [0.2, 0.25) is 0 Å². The first-order valence-electron chi connectivity index (χ1n) is 5.71. The zero-order valence-electron chi connectivity index (χ0n) is 10.1. The van der Waals surface area contributed by atoms with Gasteiger partial charge in [-0.05, 0) is 29.4 Å². The summed E-state index contributed by atoms with van der Waals surface area (Å²) in [5.74, 6) is 0.828. The second kappa shape index (κ2) is 5.78. The third kappa shape index (κ3) is 3.77. The van der Waals surface area contributed by atoms with Crippen LogP contribution in [0.3, 0.4) is 0 Å². The molecule has 0 radical (unpaired) electrons. The van der Waals surface area contributed by atoms with E-state index in [0.29, 0.717) is 6.61 Å². The Balaban J connectivity index is 1.99. The van der Waals surface area contributed by atoms with E-state index in [1.807, 2.05) is 61.1 Å². The fraction of sp³-hybridized carbons (Fsp3) is 0.143. The Morgan fingerprint density at radius 1 is 0.944 bits per heavy atom. The Morgan fingerprint density at radius 2 is 1.56 bits per heavy atom. The summed E-state index contributed by atoms with van der Waals surface area (Å²) in [6, 6.07) is 17.8. The first kappa shape index (κ1) is 13.5. The molecule has 0 aromatic heterocycles. The van der Waals surface area contributed by atoms with Gasteiger partial charge in [-0.2, -0.15) is 0 Å². The third-order valence-electron chi connectivity index (χ3n) is 2.61. The maximum Gasteiger partial charge on any atom is 0.277 e. The maximum absolute atomic E-state index is 6.15. The van der Waals surface area contributed by atoms with Crippen LogP contribution in [-0.2, 0) is 6.61 Å². The molecule has 0 amide bonds. The summed E-state index contributed by atoms with van der Waals surface area (Å²) in [5.41, 5.74) is 1.15. The van der Waals surface area contributed by atoms with Gasteiger partial charge in [0.25, 0.3) is 6.69 Å². The van der Waals surface area contributed by atoms with E-state index in [0.717, 1.165) is 16.5 Å². The summed E-state index contributed by atoms with van der Waals surface area (Å²) in [4.78, 5) is 0. The summed E-state index contributed by atoms with van der Waals surface area (Å²) < 4.78 is 5.69. The third-order valence-corrected chi connectivity index (χ3v) is 5.27. The van der Waals surface area contributed by atoms with E-state index in [1.165, 1.54) is 0 Å². The summed E-state index contributed by atoms with van der Waals surface area (Å²) >= 11 is 12.3. The van der Waals surface area contributed by atoms with Gasteiger partial charge in [-0.25, -0.2) is 0 Å². The minimum atomic E-state index is -2.25. The Morgan fingerprint density at radius 3 is 2.11 bits per heavy atom. The number of hydrogen-bond donors (Lipinski definition) is 0. The largest absolute Gasteiger partial charge is 0.489 e. The van der Waals surface area contributed by atoms with E-state index in [1.54, 1.807) is 0 Å². The minimum absolute atomic E-state index is 0.566. The second-order valence-electron chi connectivity index (χ2n) is 4.19. The molecule has 1 nitrogen and oxygen atoms in total. The molecule has 2 rings (SSSR count). The number of halogens is 2. The fourth-order valence-corrected chi connectivity index (χ4v) is 3.09. The van der Waals surface area contributed by atoms with Crippen LogP contribution in [0, 0.1) is 0 Å². The van der Waals surface area contributed by atoms with Crippen LogP contribution in [0.25, 0.3) is 0 Å². The molecule has 0 heterocycles. The SMILES string of the molecule is C[Si](Cl)(Cl)c1ccc(OCc2ccccc2)cc1. The molecule has 2 aromatic carbocycles. The van der Waals surface area contributed by atoms with E-state index in [-0.39, 0.29) is 0 Å². The molecule has 0 fully saturated rings. The molecule has 0 N–H and O–H groups in total. The van der Waals surface area contributed by atoms with Gasteiger partial charge in [-0.15, -0.1) is 22.2 Å². The Labute approximate surface area is 118 Å². The molecular weight excluding hydrogens is 283 g/mol. The van der Waals surface area contributed by atoms with Crippen molar-refractivity contribution in [1.82, 2.24) is 0 Å². The minimum Gasteiger partial charge on any atom is -0.489 e. The standard InChI is InChI=1S/C14H14Cl2OSi/c1-18(15,16)14-9-7-13(8-10-14)17-11-12-5-3-2-4-6-12/h2-10H,11H2,1H3. The molecule has 4 heteroatoms. The predicted octanol–water partition coefficient (Wildman–Crippen LogP) is 4.02. The zero-order valence-corrected chi connectivity index (χ0v) is 12.6. The van der Waals surface area contributed by atoms with Crippen molar-refractivity contribution < 1.29 is 4.74 Å². The first-order chi connectivity index (χ1) is 8.55. The number of rotatable bonds is 4. The molecule has 0 saturated heterocycles. The molecule has 0 atom stereocenters. The summed E-state index contributed by atoms with van der Waals surface area (Å²) in [5, 5.41) is 0.998. The highest BCUT2D eigenvalue weighted by molar-refractivity contribution is 7.50. The smallest absolute Gasteiger partial charge is 0.277 e. The van der Waals surface area contributed by atoms with Gasteiger partial charge < -0.3 is 4.74 Å². The topological polar surface area (TPSA) is 9.23 Å². The Bertz CT molecular complexity index is 491. The van der Waals surface area contributed by atoms with Gasteiger partial charge in [-0.1, -0.05) is 42.5 Å². The van der Waals surface area contributed by atoms with Crippen LogP contribution < -0.4 is 9.92 Å². The molecular formula is C14H14Cl2OSi. The lowest BCUT2D eigenvalue weighted by atomic mass is 10.2. The molecule has 0 bridgehead atoms. The first-order valence-corrected chi connectivity index (χ1v) is 10.2. The molecule has 0 saturated carbocycles. The lowest BCUT2D eigenvalue weighted by Crippen LogP contribution is -2.32.